The van der Waals surface area contributed by atoms with E-state index in [1.807, 2.05) is 18.2 Å². The predicted molar refractivity (Wildman–Crippen MR) is 105 cm³/mol. The fourth-order valence-corrected chi connectivity index (χ4v) is 5.49. The molecule has 1 aromatic heterocycles. The summed E-state index contributed by atoms with van der Waals surface area (Å²) in [6, 6.07) is 7.20. The Hall–Kier alpha value is -1.88. The van der Waals surface area contributed by atoms with Gasteiger partial charge in [-0.25, -0.2) is 4.98 Å². The van der Waals surface area contributed by atoms with Crippen LogP contribution in [-0.2, 0) is 0 Å². The maximum Gasteiger partial charge on any atom is 0.253 e. The summed E-state index contributed by atoms with van der Waals surface area (Å²) in [6.45, 7) is 0. The van der Waals surface area contributed by atoms with E-state index in [-0.39, 0.29) is 11.9 Å². The van der Waals surface area contributed by atoms with Gasteiger partial charge in [0.25, 0.3) is 5.91 Å². The zero-order valence-electron chi connectivity index (χ0n) is 16.1. The number of hydrogen-bond acceptors (Lipinski definition) is 4. The summed E-state index contributed by atoms with van der Waals surface area (Å²) >= 11 is 0. The third-order valence-corrected chi connectivity index (χ3v) is 7.06. The standard InChI is InChI=1S/C22H29N3O2/c1-25-16-8-4-9-17(25)13-15(12-16)23-21(26)18-10-5-11-19-20(18)24-22(27-19)14-6-2-3-7-14/h5,10-11,14-17H,2-4,6-9,12-13H2,1H3,(H,23,26). The van der Waals surface area contributed by atoms with Crippen LogP contribution in [0.3, 0.4) is 0 Å². The second-order valence-electron chi connectivity index (χ2n) is 8.73. The number of nitrogens with one attached hydrogen (secondary N) is 1. The minimum absolute atomic E-state index is 0.000464. The van der Waals surface area contributed by atoms with E-state index < -0.39 is 0 Å². The monoisotopic (exact) mass is 367 g/mol. The number of piperidine rings is 2. The summed E-state index contributed by atoms with van der Waals surface area (Å²) in [5.74, 6) is 1.23. The lowest BCUT2D eigenvalue weighted by atomic mass is 9.82. The van der Waals surface area contributed by atoms with Crippen LogP contribution in [0.25, 0.3) is 11.1 Å². The number of rotatable bonds is 3. The number of hydrogen-bond donors (Lipinski definition) is 1. The van der Waals surface area contributed by atoms with Crippen molar-refractivity contribution in [2.24, 2.45) is 0 Å². The molecular formula is C22H29N3O2. The van der Waals surface area contributed by atoms with Crippen LogP contribution in [0.15, 0.2) is 22.6 Å². The summed E-state index contributed by atoms with van der Waals surface area (Å²) in [4.78, 5) is 20.3. The van der Waals surface area contributed by atoms with Crippen molar-refractivity contribution in [1.82, 2.24) is 15.2 Å². The van der Waals surface area contributed by atoms with Gasteiger partial charge in [-0.15, -0.1) is 0 Å². The smallest absolute Gasteiger partial charge is 0.253 e. The Kier molecular flexibility index (Phi) is 4.43. The molecule has 1 N–H and O–H groups in total. The summed E-state index contributed by atoms with van der Waals surface area (Å²) < 4.78 is 6.01. The predicted octanol–water partition coefficient (Wildman–Crippen LogP) is 4.23. The first-order valence-electron chi connectivity index (χ1n) is 10.6. The molecule has 3 fully saturated rings. The van der Waals surface area contributed by atoms with E-state index in [1.165, 1.54) is 32.1 Å². The summed E-state index contributed by atoms with van der Waals surface area (Å²) in [5.41, 5.74) is 2.12. The maximum atomic E-state index is 13.1. The Morgan fingerprint density at radius 2 is 1.85 bits per heavy atom. The van der Waals surface area contributed by atoms with Crippen molar-refractivity contribution in [3.63, 3.8) is 0 Å². The topological polar surface area (TPSA) is 58.4 Å². The first-order valence-corrected chi connectivity index (χ1v) is 10.6. The Labute approximate surface area is 160 Å². The highest BCUT2D eigenvalue weighted by molar-refractivity contribution is 6.04. The van der Waals surface area contributed by atoms with Gasteiger partial charge in [-0.1, -0.05) is 25.3 Å². The van der Waals surface area contributed by atoms with Gasteiger partial charge >= 0.3 is 0 Å². The largest absolute Gasteiger partial charge is 0.440 e. The summed E-state index contributed by atoms with van der Waals surface area (Å²) in [6.07, 6.45) is 10.7. The van der Waals surface area contributed by atoms with Gasteiger partial charge in [0.2, 0.25) is 0 Å². The normalized spacial score (nSPS) is 29.3. The lowest BCUT2D eigenvalue weighted by Gasteiger charge is -2.47. The average Bonchev–Trinajstić information content (AvgIpc) is 3.31. The molecule has 3 aliphatic rings. The minimum Gasteiger partial charge on any atom is -0.440 e. The molecule has 1 aromatic carbocycles. The molecule has 2 saturated heterocycles. The second kappa shape index (κ2) is 6.93. The van der Waals surface area contributed by atoms with Crippen molar-refractivity contribution in [1.29, 1.82) is 0 Å². The van der Waals surface area contributed by atoms with E-state index in [9.17, 15) is 4.79 Å². The molecule has 0 radical (unpaired) electrons. The van der Waals surface area contributed by atoms with Crippen molar-refractivity contribution in [3.05, 3.63) is 29.7 Å². The van der Waals surface area contributed by atoms with E-state index >= 15 is 0 Å². The van der Waals surface area contributed by atoms with E-state index in [0.717, 1.165) is 42.7 Å². The zero-order chi connectivity index (χ0) is 18.4. The van der Waals surface area contributed by atoms with E-state index in [0.29, 0.717) is 23.6 Å². The van der Waals surface area contributed by atoms with E-state index in [2.05, 4.69) is 17.3 Å². The van der Waals surface area contributed by atoms with Gasteiger partial charge in [-0.2, -0.15) is 0 Å². The van der Waals surface area contributed by atoms with Crippen molar-refractivity contribution in [2.75, 3.05) is 7.05 Å². The van der Waals surface area contributed by atoms with Crippen LogP contribution in [0.5, 0.6) is 0 Å². The number of benzene rings is 1. The SMILES string of the molecule is CN1C2CCCC1CC(NC(=O)c1cccc3oc(C4CCCC4)nc13)C2. The van der Waals surface area contributed by atoms with Gasteiger partial charge in [0.15, 0.2) is 11.5 Å². The molecule has 2 atom stereocenters. The van der Waals surface area contributed by atoms with Gasteiger partial charge in [0.1, 0.15) is 5.52 Å². The van der Waals surface area contributed by atoms with Crippen LogP contribution in [0.4, 0.5) is 0 Å². The maximum absolute atomic E-state index is 13.1. The number of nitrogens with zero attached hydrogens (tertiary/aromatic N) is 2. The van der Waals surface area contributed by atoms with Crippen molar-refractivity contribution >= 4 is 17.0 Å². The number of fused-ring (bicyclic) bond motifs is 3. The van der Waals surface area contributed by atoms with Gasteiger partial charge in [-0.3, -0.25) is 4.79 Å². The highest BCUT2D eigenvalue weighted by Gasteiger charge is 2.36. The number of oxazole rings is 1. The number of amides is 1. The second-order valence-corrected chi connectivity index (χ2v) is 8.73. The fraction of sp³-hybridized carbons (Fsp3) is 0.636. The molecule has 2 bridgehead atoms. The lowest BCUT2D eigenvalue weighted by molar-refractivity contribution is 0.0463. The molecule has 27 heavy (non-hydrogen) atoms. The number of aromatic nitrogens is 1. The molecule has 144 valence electrons. The highest BCUT2D eigenvalue weighted by atomic mass is 16.3. The molecule has 2 aromatic rings. The van der Waals surface area contributed by atoms with Crippen LogP contribution in [-0.4, -0.2) is 41.0 Å². The molecule has 1 aliphatic carbocycles. The number of para-hydroxylation sites is 1. The Bertz CT molecular complexity index is 825. The fourth-order valence-electron chi connectivity index (χ4n) is 5.49. The van der Waals surface area contributed by atoms with Gasteiger partial charge in [0.05, 0.1) is 5.56 Å². The molecular weight excluding hydrogens is 338 g/mol. The molecule has 5 nitrogen and oxygen atoms in total. The van der Waals surface area contributed by atoms with Crippen molar-refractivity contribution in [3.8, 4) is 0 Å². The average molecular weight is 367 g/mol. The van der Waals surface area contributed by atoms with Crippen LogP contribution in [0, 0.1) is 0 Å². The van der Waals surface area contributed by atoms with Crippen LogP contribution in [0.2, 0.25) is 0 Å². The van der Waals surface area contributed by atoms with Crippen LogP contribution < -0.4 is 5.32 Å². The summed E-state index contributed by atoms with van der Waals surface area (Å²) in [7, 11) is 2.24. The van der Waals surface area contributed by atoms with Crippen LogP contribution >= 0.6 is 0 Å². The van der Waals surface area contributed by atoms with Gasteiger partial charge < -0.3 is 14.6 Å². The zero-order valence-corrected chi connectivity index (χ0v) is 16.1. The van der Waals surface area contributed by atoms with E-state index in [4.69, 9.17) is 9.40 Å². The van der Waals surface area contributed by atoms with Crippen molar-refractivity contribution < 1.29 is 9.21 Å². The molecule has 1 amide bonds. The quantitative estimate of drug-likeness (QED) is 0.882. The Morgan fingerprint density at radius 1 is 1.11 bits per heavy atom. The summed E-state index contributed by atoms with van der Waals surface area (Å²) in [5, 5.41) is 3.31. The first-order chi connectivity index (χ1) is 13.2. The molecule has 2 unspecified atom stereocenters. The molecule has 3 heterocycles. The molecule has 5 heteroatoms. The van der Waals surface area contributed by atoms with Crippen LogP contribution in [0.1, 0.15) is 80.0 Å². The van der Waals surface area contributed by atoms with Crippen molar-refractivity contribution in [2.45, 2.75) is 81.8 Å². The molecule has 2 aliphatic heterocycles. The van der Waals surface area contributed by atoms with E-state index in [1.54, 1.807) is 0 Å². The number of carbonyl (C=O) groups is 1. The molecule has 0 spiro atoms. The van der Waals surface area contributed by atoms with Gasteiger partial charge in [-0.05, 0) is 57.7 Å². The van der Waals surface area contributed by atoms with Gasteiger partial charge in [0, 0.05) is 24.0 Å². The molecule has 5 rings (SSSR count). The Morgan fingerprint density at radius 3 is 2.59 bits per heavy atom. The highest BCUT2D eigenvalue weighted by Crippen LogP contribution is 2.36. The third-order valence-electron chi connectivity index (χ3n) is 7.06. The Balaban J connectivity index is 1.36. The minimum atomic E-state index is -0.000464. The number of carbonyl (C=O) groups excluding carboxylic acids is 1. The molecule has 1 saturated carbocycles. The third kappa shape index (κ3) is 3.16. The lowest BCUT2D eigenvalue weighted by Crippen LogP contribution is -2.55. The first kappa shape index (κ1) is 17.2.